The maximum Gasteiger partial charge on any atom is 0.140 e. The summed E-state index contributed by atoms with van der Waals surface area (Å²) < 4.78 is 10.8. The highest BCUT2D eigenvalue weighted by atomic mass is 32.1. The quantitative estimate of drug-likeness (QED) is 0.852. The van der Waals surface area contributed by atoms with Gasteiger partial charge in [-0.2, -0.15) is 0 Å². The summed E-state index contributed by atoms with van der Waals surface area (Å²) in [6.45, 7) is 2.58. The van der Waals surface area contributed by atoms with Crippen LogP contribution in [0.15, 0.2) is 24.3 Å². The summed E-state index contributed by atoms with van der Waals surface area (Å²) in [4.78, 5) is 5.47. The number of aliphatic hydroxyl groups is 1. The molecule has 0 aliphatic rings. The van der Waals surface area contributed by atoms with Crippen LogP contribution in [-0.4, -0.2) is 17.2 Å². The maximum absolute atomic E-state index is 9.32. The number of ether oxygens (including phenoxy) is 2. The third-order valence-electron chi connectivity index (χ3n) is 2.87. The topological polar surface area (TPSA) is 51.6 Å². The smallest absolute Gasteiger partial charge is 0.140 e. The summed E-state index contributed by atoms with van der Waals surface area (Å²) in [5, 5.41) is 10.2. The third kappa shape index (κ3) is 3.71. The van der Waals surface area contributed by atoms with Gasteiger partial charge in [-0.3, -0.25) is 0 Å². The lowest BCUT2D eigenvalue weighted by Crippen LogP contribution is -1.96. The fraction of sp³-hybridized carbons (Fsp3) is 0.400. The van der Waals surface area contributed by atoms with Crippen LogP contribution in [-0.2, 0) is 19.6 Å². The molecule has 0 unspecified atom stereocenters. The molecule has 0 bridgehead atoms. The molecule has 0 spiro atoms. The fourth-order valence-corrected chi connectivity index (χ4v) is 2.76. The first-order valence-corrected chi connectivity index (χ1v) is 7.43. The number of nitrogens with zero attached hydrogens (tertiary/aromatic N) is 1. The van der Waals surface area contributed by atoms with Crippen LogP contribution in [0.4, 0.5) is 0 Å². The maximum atomic E-state index is 9.32. The first kappa shape index (κ1) is 14.8. The van der Waals surface area contributed by atoms with E-state index >= 15 is 0 Å². The molecule has 2 rings (SSSR count). The van der Waals surface area contributed by atoms with Crippen molar-refractivity contribution in [3.63, 3.8) is 0 Å². The van der Waals surface area contributed by atoms with Gasteiger partial charge >= 0.3 is 0 Å². The van der Waals surface area contributed by atoms with Crippen molar-refractivity contribution in [3.05, 3.63) is 39.8 Å². The molecular weight excluding hydrogens is 274 g/mol. The number of rotatable bonds is 7. The standard InChI is InChI=1S/C15H19NO3S/c1-3-4-13-14(9-17)20-15(16-13)10-19-12-7-5-11(18-2)6-8-12/h5-8,17H,3-4,9-10H2,1-2H3. The Morgan fingerprint density at radius 2 is 1.90 bits per heavy atom. The highest BCUT2D eigenvalue weighted by Crippen LogP contribution is 2.23. The second kappa shape index (κ2) is 7.26. The van der Waals surface area contributed by atoms with Crippen LogP contribution < -0.4 is 9.47 Å². The summed E-state index contributed by atoms with van der Waals surface area (Å²) in [5.74, 6) is 1.59. The number of aliphatic hydroxyl groups excluding tert-OH is 1. The van der Waals surface area contributed by atoms with Crippen molar-refractivity contribution in [1.82, 2.24) is 4.98 Å². The van der Waals surface area contributed by atoms with Gasteiger partial charge in [-0.15, -0.1) is 11.3 Å². The van der Waals surface area contributed by atoms with Crippen molar-refractivity contribution in [2.45, 2.75) is 33.0 Å². The van der Waals surface area contributed by atoms with E-state index in [4.69, 9.17) is 9.47 Å². The zero-order valence-electron chi connectivity index (χ0n) is 11.8. The molecule has 1 N–H and O–H groups in total. The van der Waals surface area contributed by atoms with Crippen molar-refractivity contribution in [2.24, 2.45) is 0 Å². The summed E-state index contributed by atoms with van der Waals surface area (Å²) in [5.41, 5.74) is 0.994. The van der Waals surface area contributed by atoms with Gasteiger partial charge in [0.15, 0.2) is 0 Å². The minimum Gasteiger partial charge on any atom is -0.497 e. The average Bonchev–Trinajstić information content (AvgIpc) is 2.88. The summed E-state index contributed by atoms with van der Waals surface area (Å²) in [6.07, 6.45) is 1.92. The van der Waals surface area contributed by atoms with Crippen LogP contribution in [0.2, 0.25) is 0 Å². The van der Waals surface area contributed by atoms with Gasteiger partial charge in [-0.05, 0) is 30.7 Å². The van der Waals surface area contributed by atoms with E-state index in [-0.39, 0.29) is 6.61 Å². The number of hydrogen-bond acceptors (Lipinski definition) is 5. The molecule has 0 aliphatic heterocycles. The SMILES string of the molecule is CCCc1nc(COc2ccc(OC)cc2)sc1CO. The summed E-state index contributed by atoms with van der Waals surface area (Å²) in [6, 6.07) is 7.45. The molecule has 1 heterocycles. The van der Waals surface area contributed by atoms with E-state index in [1.165, 1.54) is 11.3 Å². The van der Waals surface area contributed by atoms with E-state index in [0.717, 1.165) is 39.9 Å². The second-order valence-corrected chi connectivity index (χ2v) is 5.52. The van der Waals surface area contributed by atoms with Gasteiger partial charge < -0.3 is 14.6 Å². The lowest BCUT2D eigenvalue weighted by molar-refractivity contribution is 0.284. The van der Waals surface area contributed by atoms with Crippen molar-refractivity contribution >= 4 is 11.3 Å². The largest absolute Gasteiger partial charge is 0.497 e. The Labute approximate surface area is 123 Å². The normalized spacial score (nSPS) is 10.6. The minimum absolute atomic E-state index is 0.0511. The van der Waals surface area contributed by atoms with Crippen molar-refractivity contribution in [2.75, 3.05) is 7.11 Å². The first-order valence-electron chi connectivity index (χ1n) is 6.62. The Morgan fingerprint density at radius 1 is 1.20 bits per heavy atom. The number of hydrogen-bond donors (Lipinski definition) is 1. The Hall–Kier alpha value is -1.59. The van der Waals surface area contributed by atoms with Crippen LogP contribution >= 0.6 is 11.3 Å². The van der Waals surface area contributed by atoms with Crippen LogP contribution in [0.5, 0.6) is 11.5 Å². The number of aromatic nitrogens is 1. The molecule has 0 saturated carbocycles. The lowest BCUT2D eigenvalue weighted by atomic mass is 10.2. The van der Waals surface area contributed by atoms with Crippen LogP contribution in [0.25, 0.3) is 0 Å². The molecular formula is C15H19NO3S. The van der Waals surface area contributed by atoms with E-state index in [9.17, 15) is 5.11 Å². The van der Waals surface area contributed by atoms with Gasteiger partial charge in [0.25, 0.3) is 0 Å². The third-order valence-corrected chi connectivity index (χ3v) is 3.93. The van der Waals surface area contributed by atoms with Gasteiger partial charge in [0.2, 0.25) is 0 Å². The molecule has 4 nitrogen and oxygen atoms in total. The van der Waals surface area contributed by atoms with Gasteiger partial charge in [-0.1, -0.05) is 13.3 Å². The van der Waals surface area contributed by atoms with Crippen molar-refractivity contribution in [1.29, 1.82) is 0 Å². The molecule has 1 aromatic carbocycles. The van der Waals surface area contributed by atoms with E-state index in [0.29, 0.717) is 6.61 Å². The Bertz CT molecular complexity index is 537. The molecule has 0 atom stereocenters. The molecule has 1 aromatic heterocycles. The number of benzene rings is 1. The molecule has 0 aliphatic carbocycles. The van der Waals surface area contributed by atoms with E-state index < -0.39 is 0 Å². The van der Waals surface area contributed by atoms with E-state index in [2.05, 4.69) is 11.9 Å². The first-order chi connectivity index (χ1) is 9.76. The van der Waals surface area contributed by atoms with E-state index in [1.807, 2.05) is 24.3 Å². The van der Waals surface area contributed by atoms with E-state index in [1.54, 1.807) is 7.11 Å². The van der Waals surface area contributed by atoms with Crippen LogP contribution in [0, 0.1) is 0 Å². The molecule has 20 heavy (non-hydrogen) atoms. The molecule has 5 heteroatoms. The lowest BCUT2D eigenvalue weighted by Gasteiger charge is -2.04. The van der Waals surface area contributed by atoms with Gasteiger partial charge in [-0.25, -0.2) is 4.98 Å². The Kier molecular flexibility index (Phi) is 5.38. The van der Waals surface area contributed by atoms with Gasteiger partial charge in [0.1, 0.15) is 23.1 Å². The summed E-state index contributed by atoms with van der Waals surface area (Å²) in [7, 11) is 1.64. The average molecular weight is 293 g/mol. The fourth-order valence-electron chi connectivity index (χ4n) is 1.87. The Balaban J connectivity index is 1.99. The zero-order valence-corrected chi connectivity index (χ0v) is 12.6. The highest BCUT2D eigenvalue weighted by Gasteiger charge is 2.10. The molecule has 2 aromatic rings. The summed E-state index contributed by atoms with van der Waals surface area (Å²) >= 11 is 1.52. The minimum atomic E-state index is 0.0511. The molecule has 0 radical (unpaired) electrons. The van der Waals surface area contributed by atoms with Crippen molar-refractivity contribution in [3.8, 4) is 11.5 Å². The van der Waals surface area contributed by atoms with Crippen LogP contribution in [0.3, 0.4) is 0 Å². The molecule has 0 amide bonds. The molecule has 0 fully saturated rings. The molecule has 108 valence electrons. The molecule has 0 saturated heterocycles. The van der Waals surface area contributed by atoms with Gasteiger partial charge in [0, 0.05) is 0 Å². The number of thiazole rings is 1. The van der Waals surface area contributed by atoms with Crippen LogP contribution in [0.1, 0.15) is 28.9 Å². The predicted molar refractivity (Wildman–Crippen MR) is 79.4 cm³/mol. The zero-order chi connectivity index (χ0) is 14.4. The predicted octanol–water partition coefficient (Wildman–Crippen LogP) is 3.18. The Morgan fingerprint density at radius 3 is 2.50 bits per heavy atom. The second-order valence-electron chi connectivity index (χ2n) is 4.35. The number of methoxy groups -OCH3 is 1. The number of aryl methyl sites for hydroxylation is 1. The van der Waals surface area contributed by atoms with Gasteiger partial charge in [0.05, 0.1) is 24.3 Å². The van der Waals surface area contributed by atoms with Crippen molar-refractivity contribution < 1.29 is 14.6 Å². The highest BCUT2D eigenvalue weighted by molar-refractivity contribution is 7.11. The monoisotopic (exact) mass is 293 g/mol.